The number of fused-ring (bicyclic) bond motifs is 3. The van der Waals surface area contributed by atoms with Crippen LogP contribution in [0.2, 0.25) is 0 Å². The molecule has 0 fully saturated rings. The minimum absolute atomic E-state index is 0.330. The Labute approximate surface area is 166 Å². The summed E-state index contributed by atoms with van der Waals surface area (Å²) >= 11 is 0. The lowest BCUT2D eigenvalue weighted by atomic mass is 10.0. The van der Waals surface area contributed by atoms with E-state index in [1.54, 1.807) is 13.0 Å². The number of ether oxygens (including phenoxy) is 1. The van der Waals surface area contributed by atoms with Crippen LogP contribution in [-0.2, 0) is 27.2 Å². The van der Waals surface area contributed by atoms with Crippen molar-refractivity contribution in [1.82, 2.24) is 10.6 Å². The third-order valence-corrected chi connectivity index (χ3v) is 4.87. The van der Waals surface area contributed by atoms with Crippen LogP contribution >= 0.6 is 0 Å². The van der Waals surface area contributed by atoms with Crippen molar-refractivity contribution in [2.75, 3.05) is 13.1 Å². The molecular weight excluding hydrogens is 380 g/mol. The third-order valence-electron chi connectivity index (χ3n) is 4.87. The molecule has 1 aromatic heterocycles. The van der Waals surface area contributed by atoms with Crippen molar-refractivity contribution in [3.05, 3.63) is 39.2 Å². The number of carbonyl (C=O) groups excluding carboxylic acids is 2. The van der Waals surface area contributed by atoms with Gasteiger partial charge in [-0.1, -0.05) is 0 Å². The van der Waals surface area contributed by atoms with Crippen molar-refractivity contribution in [2.24, 2.45) is 0 Å². The first kappa shape index (κ1) is 20.4. The first-order valence-electron chi connectivity index (χ1n) is 9.29. The van der Waals surface area contributed by atoms with Gasteiger partial charge in [0.2, 0.25) is 5.91 Å². The zero-order valence-corrected chi connectivity index (χ0v) is 16.2. The van der Waals surface area contributed by atoms with Crippen LogP contribution in [0.3, 0.4) is 0 Å². The smallest absolute Gasteiger partial charge is 0.339 e. The number of benzene rings is 1. The molecule has 1 aliphatic rings. The molecular formula is C20H22N2O7. The topological polar surface area (TPSA) is 135 Å². The van der Waals surface area contributed by atoms with E-state index in [4.69, 9.17) is 14.3 Å². The largest absolute Gasteiger partial charge is 0.480 e. The monoisotopic (exact) mass is 402 g/mol. The molecule has 1 atom stereocenters. The van der Waals surface area contributed by atoms with Gasteiger partial charge in [-0.3, -0.25) is 14.4 Å². The molecule has 3 N–H and O–H groups in total. The fourth-order valence-electron chi connectivity index (χ4n) is 3.38. The van der Waals surface area contributed by atoms with Crippen molar-refractivity contribution in [1.29, 1.82) is 0 Å². The predicted octanol–water partition coefficient (Wildman–Crippen LogP) is 0.674. The van der Waals surface area contributed by atoms with E-state index < -0.39 is 30.4 Å². The van der Waals surface area contributed by atoms with E-state index in [1.165, 1.54) is 6.92 Å². The average molecular weight is 402 g/mol. The van der Waals surface area contributed by atoms with Gasteiger partial charge < -0.3 is 24.9 Å². The number of amides is 2. The fraction of sp³-hybridized carbons (Fsp3) is 0.400. The highest BCUT2D eigenvalue weighted by atomic mass is 16.5. The summed E-state index contributed by atoms with van der Waals surface area (Å²) in [5, 5.41) is 13.9. The van der Waals surface area contributed by atoms with Gasteiger partial charge in [0.15, 0.2) is 6.10 Å². The summed E-state index contributed by atoms with van der Waals surface area (Å²) in [5.41, 5.74) is 2.49. The van der Waals surface area contributed by atoms with E-state index in [-0.39, 0.29) is 12.2 Å². The second kappa shape index (κ2) is 8.34. The quantitative estimate of drug-likeness (QED) is 0.580. The van der Waals surface area contributed by atoms with Gasteiger partial charge in [0, 0.05) is 16.5 Å². The van der Waals surface area contributed by atoms with E-state index in [2.05, 4.69) is 10.6 Å². The number of carboxylic acids is 1. The lowest BCUT2D eigenvalue weighted by molar-refractivity contribution is -0.137. The van der Waals surface area contributed by atoms with Gasteiger partial charge in [-0.25, -0.2) is 4.79 Å². The molecule has 9 nitrogen and oxygen atoms in total. The van der Waals surface area contributed by atoms with E-state index in [0.717, 1.165) is 35.8 Å². The Balaban J connectivity index is 1.69. The maximum absolute atomic E-state index is 12.2. The molecule has 0 bridgehead atoms. The summed E-state index contributed by atoms with van der Waals surface area (Å²) in [4.78, 5) is 46.3. The summed E-state index contributed by atoms with van der Waals surface area (Å²) in [6.45, 7) is 2.39. The number of carbonyl (C=O) groups is 3. The number of aryl methyl sites for hydroxylation is 2. The number of aliphatic carboxylic acids is 1. The first-order valence-corrected chi connectivity index (χ1v) is 9.29. The number of hydrogen-bond donors (Lipinski definition) is 3. The Morgan fingerprint density at radius 1 is 1.17 bits per heavy atom. The summed E-state index contributed by atoms with van der Waals surface area (Å²) < 4.78 is 11.2. The summed E-state index contributed by atoms with van der Waals surface area (Å²) in [6.07, 6.45) is 1.56. The predicted molar refractivity (Wildman–Crippen MR) is 103 cm³/mol. The molecule has 29 heavy (non-hydrogen) atoms. The second-order valence-electron chi connectivity index (χ2n) is 6.91. The molecule has 154 valence electrons. The van der Waals surface area contributed by atoms with Gasteiger partial charge in [0.25, 0.3) is 5.91 Å². The Bertz CT molecular complexity index is 1040. The Hall–Kier alpha value is -3.36. The standard InChI is InChI=1S/C20H22N2O7/c1-10-15(28-11(2)19(26)22-8-16(23)21-9-17(24)25)7-6-13-12-4-3-5-14(12)20(27)29-18(10)13/h6-7,11H,3-5,8-9H2,1-2H3,(H,21,23)(H,22,26)(H,24,25)/t11-/m0/s1. The van der Waals surface area contributed by atoms with Gasteiger partial charge in [-0.05, 0) is 50.8 Å². The molecule has 2 amide bonds. The van der Waals surface area contributed by atoms with Crippen LogP contribution < -0.4 is 21.0 Å². The van der Waals surface area contributed by atoms with E-state index >= 15 is 0 Å². The highest BCUT2D eigenvalue weighted by Gasteiger charge is 2.23. The van der Waals surface area contributed by atoms with Crippen LogP contribution in [0.1, 0.15) is 30.0 Å². The lowest BCUT2D eigenvalue weighted by Crippen LogP contribution is -2.43. The number of carboxylic acid groups (broad SMARTS) is 1. The molecule has 1 aromatic carbocycles. The Morgan fingerprint density at radius 2 is 1.90 bits per heavy atom. The number of rotatable bonds is 7. The highest BCUT2D eigenvalue weighted by Crippen LogP contribution is 2.33. The van der Waals surface area contributed by atoms with Crippen LogP contribution in [0.15, 0.2) is 21.3 Å². The number of hydrogen-bond acceptors (Lipinski definition) is 6. The molecule has 0 saturated carbocycles. The minimum Gasteiger partial charge on any atom is -0.480 e. The average Bonchev–Trinajstić information content (AvgIpc) is 3.18. The van der Waals surface area contributed by atoms with Gasteiger partial charge in [-0.2, -0.15) is 0 Å². The minimum atomic E-state index is -1.18. The van der Waals surface area contributed by atoms with E-state index in [1.807, 2.05) is 6.07 Å². The molecule has 1 heterocycles. The fourth-order valence-corrected chi connectivity index (χ4v) is 3.38. The van der Waals surface area contributed by atoms with Crippen molar-refractivity contribution in [3.8, 4) is 5.75 Å². The van der Waals surface area contributed by atoms with Gasteiger partial charge in [0.1, 0.15) is 17.9 Å². The molecule has 0 aliphatic heterocycles. The number of nitrogens with one attached hydrogen (secondary N) is 2. The molecule has 3 rings (SSSR count). The zero-order chi connectivity index (χ0) is 21.1. The molecule has 0 saturated heterocycles. The summed E-state index contributed by atoms with van der Waals surface area (Å²) in [7, 11) is 0. The molecule has 2 aromatic rings. The van der Waals surface area contributed by atoms with Gasteiger partial charge in [0.05, 0.1) is 6.54 Å². The normalized spacial score (nSPS) is 13.6. The van der Waals surface area contributed by atoms with Crippen molar-refractivity contribution in [3.63, 3.8) is 0 Å². The Kier molecular flexibility index (Phi) is 5.86. The second-order valence-corrected chi connectivity index (χ2v) is 6.91. The third kappa shape index (κ3) is 4.39. The van der Waals surface area contributed by atoms with Crippen molar-refractivity contribution >= 4 is 28.8 Å². The highest BCUT2D eigenvalue weighted by molar-refractivity contribution is 5.89. The van der Waals surface area contributed by atoms with Crippen LogP contribution in [0.4, 0.5) is 0 Å². The van der Waals surface area contributed by atoms with E-state index in [9.17, 15) is 19.2 Å². The molecule has 9 heteroatoms. The van der Waals surface area contributed by atoms with Gasteiger partial charge >= 0.3 is 11.6 Å². The molecule has 0 radical (unpaired) electrons. The van der Waals surface area contributed by atoms with Crippen LogP contribution in [-0.4, -0.2) is 42.1 Å². The maximum Gasteiger partial charge on any atom is 0.339 e. The SMILES string of the molecule is Cc1c(O[C@@H](C)C(=O)NCC(=O)NCC(=O)O)ccc2c3c(c(=O)oc12)CCC3. The van der Waals surface area contributed by atoms with Gasteiger partial charge in [-0.15, -0.1) is 0 Å². The van der Waals surface area contributed by atoms with E-state index in [0.29, 0.717) is 16.9 Å². The summed E-state index contributed by atoms with van der Waals surface area (Å²) in [6, 6.07) is 3.56. The van der Waals surface area contributed by atoms with Crippen LogP contribution in [0, 0.1) is 6.92 Å². The molecule has 1 aliphatic carbocycles. The molecule has 0 spiro atoms. The maximum atomic E-state index is 12.2. The Morgan fingerprint density at radius 3 is 2.62 bits per heavy atom. The first-order chi connectivity index (χ1) is 13.8. The lowest BCUT2D eigenvalue weighted by Gasteiger charge is -2.17. The summed E-state index contributed by atoms with van der Waals surface area (Å²) in [5.74, 6) is -1.93. The van der Waals surface area contributed by atoms with Crippen molar-refractivity contribution in [2.45, 2.75) is 39.2 Å². The van der Waals surface area contributed by atoms with Crippen molar-refractivity contribution < 1.29 is 28.6 Å². The van der Waals surface area contributed by atoms with Crippen LogP contribution in [0.5, 0.6) is 5.75 Å². The zero-order valence-electron chi connectivity index (χ0n) is 16.2. The van der Waals surface area contributed by atoms with Crippen LogP contribution in [0.25, 0.3) is 11.0 Å². The molecule has 0 unspecified atom stereocenters.